The van der Waals surface area contributed by atoms with Crippen molar-refractivity contribution in [3.05, 3.63) is 114 Å². The molecule has 0 fully saturated rings. The van der Waals surface area contributed by atoms with Crippen LogP contribution in [0.25, 0.3) is 11.1 Å². The maximum atomic E-state index is 14.0. The van der Waals surface area contributed by atoms with E-state index in [9.17, 15) is 9.18 Å². The summed E-state index contributed by atoms with van der Waals surface area (Å²) >= 11 is 0. The normalized spacial score (nSPS) is 13.3. The Morgan fingerprint density at radius 3 is 2.50 bits per heavy atom. The first kappa shape index (κ1) is 28.5. The largest absolute Gasteiger partial charge is 0.496 e. The van der Waals surface area contributed by atoms with Crippen molar-refractivity contribution in [2.24, 2.45) is 0 Å². The quantitative estimate of drug-likeness (QED) is 0.202. The fourth-order valence-corrected chi connectivity index (χ4v) is 4.77. The average Bonchev–Trinajstić information content (AvgIpc) is 2.97. The van der Waals surface area contributed by atoms with Gasteiger partial charge in [0.15, 0.2) is 0 Å². The summed E-state index contributed by atoms with van der Waals surface area (Å²) in [7, 11) is 1.56. The number of rotatable bonds is 8. The van der Waals surface area contributed by atoms with E-state index < -0.39 is 6.09 Å². The zero-order chi connectivity index (χ0) is 29.9. The summed E-state index contributed by atoms with van der Waals surface area (Å²) in [6.45, 7) is 10.7. The molecule has 1 amide bonds. The van der Waals surface area contributed by atoms with Crippen LogP contribution in [-0.4, -0.2) is 18.7 Å². The van der Waals surface area contributed by atoms with Crippen LogP contribution in [0, 0.1) is 12.7 Å². The molecule has 0 aliphatic carbocycles. The predicted molar refractivity (Wildman–Crippen MR) is 164 cm³/mol. The van der Waals surface area contributed by atoms with Gasteiger partial charge < -0.3 is 30.2 Å². The number of aryl methyl sites for hydroxylation is 1. The number of carbonyl (C=O) groups excluding carboxylic acids is 1. The highest BCUT2D eigenvalue weighted by molar-refractivity contribution is 5.88. The highest BCUT2D eigenvalue weighted by atomic mass is 19.1. The Balaban J connectivity index is 1.46. The van der Waals surface area contributed by atoms with Gasteiger partial charge in [0.2, 0.25) is 0 Å². The third kappa shape index (κ3) is 6.17. The molecule has 216 valence electrons. The molecule has 0 unspecified atom stereocenters. The van der Waals surface area contributed by atoms with E-state index in [-0.39, 0.29) is 18.0 Å². The Kier molecular flexibility index (Phi) is 8.06. The molecule has 1 heterocycles. The van der Waals surface area contributed by atoms with Gasteiger partial charge in [-0.3, -0.25) is 0 Å². The van der Waals surface area contributed by atoms with Gasteiger partial charge in [-0.15, -0.1) is 0 Å². The van der Waals surface area contributed by atoms with Crippen molar-refractivity contribution in [2.45, 2.75) is 39.5 Å². The third-order valence-corrected chi connectivity index (χ3v) is 7.27. The summed E-state index contributed by atoms with van der Waals surface area (Å²) in [6, 6.07) is 23.3. The van der Waals surface area contributed by atoms with Gasteiger partial charge in [-0.25, -0.2) is 9.18 Å². The number of methoxy groups -OCH3 is 1. The first-order chi connectivity index (χ1) is 20.1. The van der Waals surface area contributed by atoms with Crippen LogP contribution < -0.4 is 30.2 Å². The maximum Gasteiger partial charge on any atom is 0.412 e. The topological polar surface area (TPSA) is 80.9 Å². The third-order valence-electron chi connectivity index (χ3n) is 7.27. The molecule has 5 rings (SSSR count). The van der Waals surface area contributed by atoms with Crippen LogP contribution in [0.5, 0.6) is 17.2 Å². The smallest absolute Gasteiger partial charge is 0.412 e. The number of benzene rings is 4. The summed E-state index contributed by atoms with van der Waals surface area (Å²) in [5.41, 5.74) is 6.35. The summed E-state index contributed by atoms with van der Waals surface area (Å²) in [5.74, 6) is 0.932. The van der Waals surface area contributed by atoms with Gasteiger partial charge in [0.25, 0.3) is 0 Å². The summed E-state index contributed by atoms with van der Waals surface area (Å²) in [4.78, 5) is 12.5. The van der Waals surface area contributed by atoms with Crippen molar-refractivity contribution in [3.8, 4) is 28.4 Å². The number of nitrogens with one attached hydrogen (secondary N) is 3. The van der Waals surface area contributed by atoms with E-state index in [1.807, 2.05) is 69.3 Å². The lowest BCUT2D eigenvalue weighted by Crippen LogP contribution is -2.40. The molecule has 0 bridgehead atoms. The van der Waals surface area contributed by atoms with E-state index in [1.165, 1.54) is 12.1 Å². The first-order valence-corrected chi connectivity index (χ1v) is 13.6. The molecule has 0 radical (unpaired) electrons. The molecule has 42 heavy (non-hydrogen) atoms. The standard InChI is InChI=1S/C34H34FN3O4/c1-21-11-12-24(35)17-30(21)41-20-28-26(15-16-29-32(28)37-22(2)34(3,4)38-29)27-14-13-25(18-31(27)40-5)42-33(39)36-19-23-9-7-6-8-10-23/h6-18,37-38H,2,19-20H2,1,3-5H3,(H,36,39). The molecule has 0 aromatic heterocycles. The Morgan fingerprint density at radius 2 is 1.74 bits per heavy atom. The minimum absolute atomic E-state index is 0.147. The zero-order valence-electron chi connectivity index (χ0n) is 24.1. The van der Waals surface area contributed by atoms with E-state index in [1.54, 1.807) is 25.3 Å². The zero-order valence-corrected chi connectivity index (χ0v) is 24.1. The second-order valence-electron chi connectivity index (χ2n) is 10.7. The predicted octanol–water partition coefficient (Wildman–Crippen LogP) is 7.81. The maximum absolute atomic E-state index is 14.0. The van der Waals surface area contributed by atoms with Crippen molar-refractivity contribution in [2.75, 3.05) is 17.7 Å². The average molecular weight is 568 g/mol. The van der Waals surface area contributed by atoms with E-state index in [0.29, 0.717) is 23.8 Å². The SMILES string of the molecule is C=C1Nc2c(ccc(-c3ccc(OC(=O)NCc4ccccc4)cc3OC)c2COc2cc(F)ccc2C)NC1(C)C. The molecule has 8 heteroatoms. The van der Waals surface area contributed by atoms with Crippen LogP contribution >= 0.6 is 0 Å². The molecule has 1 aliphatic rings. The van der Waals surface area contributed by atoms with Crippen molar-refractivity contribution in [3.63, 3.8) is 0 Å². The van der Waals surface area contributed by atoms with Crippen LogP contribution in [0.4, 0.5) is 20.6 Å². The van der Waals surface area contributed by atoms with Crippen molar-refractivity contribution >= 4 is 17.5 Å². The lowest BCUT2D eigenvalue weighted by molar-refractivity contribution is 0.200. The molecular formula is C34H34FN3O4. The minimum atomic E-state index is -0.571. The Labute approximate surface area is 245 Å². The molecule has 7 nitrogen and oxygen atoms in total. The van der Waals surface area contributed by atoms with Crippen molar-refractivity contribution in [1.29, 1.82) is 0 Å². The number of carbonyl (C=O) groups is 1. The van der Waals surface area contributed by atoms with Gasteiger partial charge in [0, 0.05) is 35.5 Å². The van der Waals surface area contributed by atoms with E-state index >= 15 is 0 Å². The molecule has 4 aromatic rings. The second-order valence-corrected chi connectivity index (χ2v) is 10.7. The molecule has 0 spiro atoms. The molecule has 3 N–H and O–H groups in total. The minimum Gasteiger partial charge on any atom is -0.496 e. The van der Waals surface area contributed by atoms with E-state index in [2.05, 4.69) is 22.5 Å². The number of hydrogen-bond acceptors (Lipinski definition) is 6. The van der Waals surface area contributed by atoms with Crippen LogP contribution in [0.2, 0.25) is 0 Å². The van der Waals surface area contributed by atoms with Crippen LogP contribution in [0.1, 0.15) is 30.5 Å². The summed E-state index contributed by atoms with van der Waals surface area (Å²) in [6.07, 6.45) is -0.571. The van der Waals surface area contributed by atoms with Crippen LogP contribution in [-0.2, 0) is 13.2 Å². The van der Waals surface area contributed by atoms with Gasteiger partial charge in [0.1, 0.15) is 29.7 Å². The highest BCUT2D eigenvalue weighted by Crippen LogP contribution is 2.44. The van der Waals surface area contributed by atoms with Crippen molar-refractivity contribution in [1.82, 2.24) is 5.32 Å². The second kappa shape index (κ2) is 11.9. The number of anilines is 2. The molecule has 0 atom stereocenters. The number of hydrogen-bond donors (Lipinski definition) is 3. The number of halogens is 1. The molecule has 0 saturated heterocycles. The first-order valence-electron chi connectivity index (χ1n) is 13.6. The van der Waals surface area contributed by atoms with Gasteiger partial charge in [-0.05, 0) is 61.7 Å². The number of ether oxygens (including phenoxy) is 3. The summed E-state index contributed by atoms with van der Waals surface area (Å²) in [5, 5.41) is 9.75. The molecule has 1 aliphatic heterocycles. The van der Waals surface area contributed by atoms with E-state index in [0.717, 1.165) is 44.9 Å². The fourth-order valence-electron chi connectivity index (χ4n) is 4.77. The number of amides is 1. The van der Waals surface area contributed by atoms with Gasteiger partial charge in [-0.1, -0.05) is 49.0 Å². The van der Waals surface area contributed by atoms with Gasteiger partial charge in [0.05, 0.1) is 24.0 Å². The Bertz CT molecular complexity index is 1640. The fraction of sp³-hybridized carbons (Fsp3) is 0.206. The molecular weight excluding hydrogens is 533 g/mol. The van der Waals surface area contributed by atoms with Gasteiger partial charge >= 0.3 is 6.09 Å². The van der Waals surface area contributed by atoms with Gasteiger partial charge in [-0.2, -0.15) is 0 Å². The number of fused-ring (bicyclic) bond motifs is 1. The molecule has 0 saturated carbocycles. The van der Waals surface area contributed by atoms with E-state index in [4.69, 9.17) is 14.2 Å². The Hall–Kier alpha value is -4.98. The lowest BCUT2D eigenvalue weighted by Gasteiger charge is -2.38. The lowest BCUT2D eigenvalue weighted by atomic mass is 9.91. The molecule has 4 aromatic carbocycles. The van der Waals surface area contributed by atoms with Crippen LogP contribution in [0.15, 0.2) is 91.1 Å². The highest BCUT2D eigenvalue weighted by Gasteiger charge is 2.31. The monoisotopic (exact) mass is 567 g/mol. The van der Waals surface area contributed by atoms with Crippen molar-refractivity contribution < 1.29 is 23.4 Å². The Morgan fingerprint density at radius 1 is 0.976 bits per heavy atom. The summed E-state index contributed by atoms with van der Waals surface area (Å²) < 4.78 is 31.5. The van der Waals surface area contributed by atoms with Crippen LogP contribution in [0.3, 0.4) is 0 Å².